The van der Waals surface area contributed by atoms with E-state index < -0.39 is 0 Å². The van der Waals surface area contributed by atoms with E-state index in [1.165, 1.54) is 33.4 Å². The van der Waals surface area contributed by atoms with E-state index in [0.717, 1.165) is 128 Å². The van der Waals surface area contributed by atoms with Crippen LogP contribution < -0.4 is 0 Å². The summed E-state index contributed by atoms with van der Waals surface area (Å²) in [7, 11) is 0. The van der Waals surface area contributed by atoms with Gasteiger partial charge >= 0.3 is 0 Å². The second-order valence-electron chi connectivity index (χ2n) is 24.0. The second-order valence-corrected chi connectivity index (χ2v) is 24.0. The first-order valence-electron chi connectivity index (χ1n) is 30.8. The van der Waals surface area contributed by atoms with Gasteiger partial charge in [-0.25, -0.2) is 34.9 Å². The van der Waals surface area contributed by atoms with Gasteiger partial charge in [0, 0.05) is 65.9 Å². The molecule has 5 heterocycles. The molecular weight excluding hydrogens is 1110 g/mol. The van der Waals surface area contributed by atoms with E-state index in [4.69, 9.17) is 34.9 Å². The lowest BCUT2D eigenvalue weighted by atomic mass is 9.81. The van der Waals surface area contributed by atoms with E-state index in [1.54, 1.807) is 0 Å². The van der Waals surface area contributed by atoms with E-state index in [-0.39, 0.29) is 5.41 Å². The smallest absolute Gasteiger partial charge is 0.164 e. The number of pyridine rings is 4. The van der Waals surface area contributed by atoms with E-state index in [1.807, 2.05) is 36.4 Å². The minimum absolute atomic E-state index is 0.0834. The Labute approximate surface area is 526 Å². The summed E-state index contributed by atoms with van der Waals surface area (Å²) < 4.78 is 0. The molecule has 0 N–H and O–H groups in total. The average molecular weight is 1160 g/mol. The van der Waals surface area contributed by atoms with Gasteiger partial charge in [0.1, 0.15) is 0 Å². The molecule has 16 aromatic rings. The molecule has 0 unspecified atom stereocenters. The van der Waals surface area contributed by atoms with E-state index in [0.29, 0.717) is 17.5 Å². The summed E-state index contributed by atoms with van der Waals surface area (Å²) in [6.45, 7) is 4.67. The second kappa shape index (κ2) is 21.7. The molecule has 0 aliphatic heterocycles. The molecule has 1 aliphatic carbocycles. The summed E-state index contributed by atoms with van der Waals surface area (Å²) in [5.74, 6) is 1.78. The molecule has 0 radical (unpaired) electrons. The van der Waals surface area contributed by atoms with E-state index >= 15 is 0 Å². The van der Waals surface area contributed by atoms with Crippen molar-refractivity contribution in [2.75, 3.05) is 0 Å². The van der Waals surface area contributed by atoms with Crippen molar-refractivity contribution < 1.29 is 0 Å². The lowest BCUT2D eigenvalue weighted by molar-refractivity contribution is 0.660. The number of rotatable bonds is 10. The van der Waals surface area contributed by atoms with Gasteiger partial charge in [0.15, 0.2) is 17.5 Å². The molecule has 1 aliphatic rings. The van der Waals surface area contributed by atoms with Gasteiger partial charge in [-0.05, 0) is 110 Å². The molecule has 17 rings (SSSR count). The molecule has 0 spiro atoms. The molecule has 0 saturated carbocycles. The lowest BCUT2D eigenvalue weighted by Gasteiger charge is -2.22. The molecule has 0 saturated heterocycles. The van der Waals surface area contributed by atoms with Gasteiger partial charge in [0.05, 0.1) is 44.8 Å². The van der Waals surface area contributed by atoms with Gasteiger partial charge < -0.3 is 0 Å². The van der Waals surface area contributed by atoms with E-state index in [2.05, 4.69) is 275 Å². The fourth-order valence-electron chi connectivity index (χ4n) is 13.3. The van der Waals surface area contributed by atoms with Gasteiger partial charge in [-0.15, -0.1) is 0 Å². The van der Waals surface area contributed by atoms with Crippen LogP contribution in [0.25, 0.3) is 167 Å². The number of benzene rings is 11. The Kier molecular flexibility index (Phi) is 12.7. The molecular formula is C84H55N7. The molecule has 0 amide bonds. The highest BCUT2D eigenvalue weighted by molar-refractivity contribution is 6.06. The first-order valence-corrected chi connectivity index (χ1v) is 30.8. The zero-order valence-corrected chi connectivity index (χ0v) is 49.9. The van der Waals surface area contributed by atoms with Crippen LogP contribution >= 0.6 is 0 Å². The minimum Gasteiger partial charge on any atom is -0.245 e. The van der Waals surface area contributed by atoms with Gasteiger partial charge in [-0.1, -0.05) is 257 Å². The first-order chi connectivity index (χ1) is 44.8. The molecule has 426 valence electrons. The SMILES string of the molecule is CC1(C)c2ccccc2-c2ccc(-c3cccc(-c4cccc(-c5nc(-c6ccccc6)nc(-c6cccc(-c7ccccc7-c7ccc8ccc9ccc(-c%10cccc(-c%11ccc%12ccc%13ccc(-c%14ccccc%14)nc%13c%12n%11)c%10)nc9c8n7)c6)n5)c4)c3)cc21. The Balaban J connectivity index is 0.694. The predicted molar refractivity (Wildman–Crippen MR) is 373 cm³/mol. The molecule has 0 bridgehead atoms. The molecule has 0 fully saturated rings. The summed E-state index contributed by atoms with van der Waals surface area (Å²) in [4.78, 5) is 36.9. The topological polar surface area (TPSA) is 90.2 Å². The number of hydrogen-bond acceptors (Lipinski definition) is 7. The summed E-state index contributed by atoms with van der Waals surface area (Å²) in [6.07, 6.45) is 0. The monoisotopic (exact) mass is 1160 g/mol. The molecule has 5 aromatic heterocycles. The fraction of sp³-hybridized carbons (Fsp3) is 0.0357. The van der Waals surface area contributed by atoms with Crippen molar-refractivity contribution in [3.63, 3.8) is 0 Å². The zero-order valence-electron chi connectivity index (χ0n) is 49.9. The number of aromatic nitrogens is 7. The number of nitrogens with zero attached hydrogens (tertiary/aromatic N) is 7. The highest BCUT2D eigenvalue weighted by atomic mass is 15.0. The quantitative estimate of drug-likeness (QED) is 0.126. The number of fused-ring (bicyclic) bond motifs is 9. The van der Waals surface area contributed by atoms with Crippen molar-refractivity contribution in [2.24, 2.45) is 0 Å². The maximum Gasteiger partial charge on any atom is 0.164 e. The Morgan fingerprint density at radius 1 is 0.198 bits per heavy atom. The van der Waals surface area contributed by atoms with Gasteiger partial charge in [-0.3, -0.25) is 0 Å². The molecule has 7 nitrogen and oxygen atoms in total. The van der Waals surface area contributed by atoms with Crippen LogP contribution in [0.15, 0.2) is 297 Å². The summed E-state index contributed by atoms with van der Waals surface area (Å²) in [6, 6.07) is 105. The van der Waals surface area contributed by atoms with Crippen LogP contribution in [0.2, 0.25) is 0 Å². The van der Waals surface area contributed by atoms with Crippen molar-refractivity contribution in [1.29, 1.82) is 0 Å². The van der Waals surface area contributed by atoms with Crippen LogP contribution in [0.1, 0.15) is 25.0 Å². The molecule has 11 aromatic carbocycles. The van der Waals surface area contributed by atoms with Gasteiger partial charge in [0.2, 0.25) is 0 Å². The Morgan fingerprint density at radius 2 is 0.538 bits per heavy atom. The fourth-order valence-corrected chi connectivity index (χ4v) is 13.3. The van der Waals surface area contributed by atoms with E-state index in [9.17, 15) is 0 Å². The van der Waals surface area contributed by atoms with Gasteiger partial charge in [-0.2, -0.15) is 0 Å². The summed E-state index contributed by atoms with van der Waals surface area (Å²) in [5, 5.41) is 4.12. The van der Waals surface area contributed by atoms with Crippen molar-refractivity contribution in [2.45, 2.75) is 19.3 Å². The molecule has 0 atom stereocenters. The third kappa shape index (κ3) is 9.59. The van der Waals surface area contributed by atoms with Crippen molar-refractivity contribution in [1.82, 2.24) is 34.9 Å². The Morgan fingerprint density at radius 3 is 1.09 bits per heavy atom. The van der Waals surface area contributed by atoms with Crippen LogP contribution in [-0.2, 0) is 5.41 Å². The van der Waals surface area contributed by atoms with Crippen molar-refractivity contribution in [3.05, 3.63) is 308 Å². The van der Waals surface area contributed by atoms with Crippen molar-refractivity contribution >= 4 is 43.6 Å². The lowest BCUT2D eigenvalue weighted by Crippen LogP contribution is -2.14. The standard InChI is InChI=1S/C84H55N7/c1-84(2)71-32-12-11-30-68(71)69-42-37-61(51-72(69)84)59-22-13-21-58(47-59)60-23-14-27-65(48-60)82-89-81(57-19-7-4-8-20-57)90-83(91-82)66-28-15-24-62(49-66)67-29-9-10-31-70(67)76-46-41-56-36-35-55-40-45-75(87-79(55)80(56)88-76)64-26-16-25-63(50-64)74-44-39-54-34-33-53-38-43-73(52-17-5-3-6-18-52)85-77(53)78(54)86-74/h3-51H,1-2H3. The zero-order chi connectivity index (χ0) is 60.6. The first kappa shape index (κ1) is 53.3. The minimum atomic E-state index is -0.0834. The van der Waals surface area contributed by atoms with Crippen LogP contribution in [-0.4, -0.2) is 34.9 Å². The Hall–Kier alpha value is -11.9. The maximum atomic E-state index is 5.47. The third-order valence-corrected chi connectivity index (χ3v) is 18.1. The highest BCUT2D eigenvalue weighted by Crippen LogP contribution is 2.50. The van der Waals surface area contributed by atoms with Crippen LogP contribution in [0, 0.1) is 0 Å². The predicted octanol–water partition coefficient (Wildman–Crippen LogP) is 21.0. The highest BCUT2D eigenvalue weighted by Gasteiger charge is 2.35. The Bertz CT molecular complexity index is 5580. The summed E-state index contributed by atoms with van der Waals surface area (Å²) in [5.41, 5.74) is 25.5. The van der Waals surface area contributed by atoms with Gasteiger partial charge in [0.25, 0.3) is 0 Å². The normalized spacial score (nSPS) is 12.4. The van der Waals surface area contributed by atoms with Crippen molar-refractivity contribution in [3.8, 4) is 124 Å². The van der Waals surface area contributed by atoms with Crippen LogP contribution in [0.5, 0.6) is 0 Å². The largest absolute Gasteiger partial charge is 0.245 e. The average Bonchev–Trinajstić information content (AvgIpc) is 1.79. The third-order valence-electron chi connectivity index (χ3n) is 18.1. The van der Waals surface area contributed by atoms with Crippen LogP contribution in [0.3, 0.4) is 0 Å². The summed E-state index contributed by atoms with van der Waals surface area (Å²) >= 11 is 0. The molecule has 91 heavy (non-hydrogen) atoms. The molecule has 7 heteroatoms. The number of hydrogen-bond donors (Lipinski definition) is 0. The van der Waals surface area contributed by atoms with Crippen LogP contribution in [0.4, 0.5) is 0 Å². The maximum absolute atomic E-state index is 5.47.